The standard InChI is InChI=1S/C16H21N5O2/c1-2-12(13-6-4-3-5-7-13)8-18-16(23)20-14-9-19-21(10-14)11-15(17)22/h3-7,9-10,12H,2,8,11H2,1H3,(H2,17,22)(H2,18,20,23)/t12-/m0/s1. The summed E-state index contributed by atoms with van der Waals surface area (Å²) in [6, 6.07) is 9.76. The average molecular weight is 315 g/mol. The molecule has 0 bridgehead atoms. The number of hydrogen-bond donors (Lipinski definition) is 3. The molecule has 0 fully saturated rings. The number of urea groups is 1. The molecular weight excluding hydrogens is 294 g/mol. The van der Waals surface area contributed by atoms with Crippen LogP contribution in [0.4, 0.5) is 10.5 Å². The maximum atomic E-state index is 11.9. The van der Waals surface area contributed by atoms with E-state index in [1.54, 1.807) is 6.20 Å². The van der Waals surface area contributed by atoms with Crippen molar-refractivity contribution in [1.82, 2.24) is 15.1 Å². The van der Waals surface area contributed by atoms with Gasteiger partial charge in [0.1, 0.15) is 6.54 Å². The van der Waals surface area contributed by atoms with Crippen LogP contribution in [0, 0.1) is 0 Å². The summed E-state index contributed by atoms with van der Waals surface area (Å²) < 4.78 is 1.37. The number of nitrogens with zero attached hydrogens (tertiary/aromatic N) is 2. The molecular formula is C16H21N5O2. The third-order valence-corrected chi connectivity index (χ3v) is 3.48. The van der Waals surface area contributed by atoms with E-state index in [0.717, 1.165) is 6.42 Å². The van der Waals surface area contributed by atoms with Crippen molar-refractivity contribution < 1.29 is 9.59 Å². The van der Waals surface area contributed by atoms with Gasteiger partial charge in [-0.2, -0.15) is 5.10 Å². The van der Waals surface area contributed by atoms with Gasteiger partial charge in [-0.15, -0.1) is 0 Å². The summed E-state index contributed by atoms with van der Waals surface area (Å²) in [5.41, 5.74) is 6.80. The van der Waals surface area contributed by atoms with Crippen LogP contribution < -0.4 is 16.4 Å². The predicted molar refractivity (Wildman–Crippen MR) is 87.9 cm³/mol. The van der Waals surface area contributed by atoms with Gasteiger partial charge in [-0.25, -0.2) is 4.79 Å². The summed E-state index contributed by atoms with van der Waals surface area (Å²) in [5, 5.41) is 9.47. The van der Waals surface area contributed by atoms with E-state index in [2.05, 4.69) is 34.8 Å². The van der Waals surface area contributed by atoms with Gasteiger partial charge in [0.05, 0.1) is 11.9 Å². The molecule has 0 radical (unpaired) electrons. The number of nitrogens with two attached hydrogens (primary N) is 1. The highest BCUT2D eigenvalue weighted by molar-refractivity contribution is 5.89. The molecule has 0 saturated carbocycles. The van der Waals surface area contributed by atoms with E-state index in [0.29, 0.717) is 12.2 Å². The Morgan fingerprint density at radius 3 is 2.70 bits per heavy atom. The van der Waals surface area contributed by atoms with E-state index in [-0.39, 0.29) is 18.5 Å². The van der Waals surface area contributed by atoms with E-state index >= 15 is 0 Å². The minimum Gasteiger partial charge on any atom is -0.368 e. The van der Waals surface area contributed by atoms with Crippen LogP contribution in [0.1, 0.15) is 24.8 Å². The Morgan fingerprint density at radius 2 is 2.04 bits per heavy atom. The van der Waals surface area contributed by atoms with Crippen molar-refractivity contribution in [2.75, 3.05) is 11.9 Å². The Morgan fingerprint density at radius 1 is 1.30 bits per heavy atom. The SMILES string of the molecule is CC[C@@H](CNC(=O)Nc1cnn(CC(N)=O)c1)c1ccccc1. The zero-order valence-corrected chi connectivity index (χ0v) is 13.0. The second-order valence-electron chi connectivity index (χ2n) is 5.24. The quantitative estimate of drug-likeness (QED) is 0.724. The molecule has 2 aromatic rings. The van der Waals surface area contributed by atoms with E-state index < -0.39 is 5.91 Å². The third-order valence-electron chi connectivity index (χ3n) is 3.48. The molecule has 0 aliphatic heterocycles. The summed E-state index contributed by atoms with van der Waals surface area (Å²) in [5.74, 6) is -0.225. The largest absolute Gasteiger partial charge is 0.368 e. The zero-order valence-electron chi connectivity index (χ0n) is 13.0. The highest BCUT2D eigenvalue weighted by Crippen LogP contribution is 2.17. The zero-order chi connectivity index (χ0) is 16.7. The average Bonchev–Trinajstić information content (AvgIpc) is 2.95. The van der Waals surface area contributed by atoms with Crippen LogP contribution in [0.2, 0.25) is 0 Å². The number of primary amides is 1. The second kappa shape index (κ2) is 7.98. The smallest absolute Gasteiger partial charge is 0.319 e. The Hall–Kier alpha value is -2.83. The van der Waals surface area contributed by atoms with Crippen LogP contribution >= 0.6 is 0 Å². The lowest BCUT2D eigenvalue weighted by molar-refractivity contribution is -0.118. The van der Waals surface area contributed by atoms with Crippen molar-refractivity contribution in [2.24, 2.45) is 5.73 Å². The first-order valence-corrected chi connectivity index (χ1v) is 7.49. The van der Waals surface area contributed by atoms with Crippen LogP contribution in [0.15, 0.2) is 42.7 Å². The third kappa shape index (κ3) is 5.14. The predicted octanol–water partition coefficient (Wildman–Crippen LogP) is 1.68. The number of nitrogens with one attached hydrogen (secondary N) is 2. The fourth-order valence-electron chi connectivity index (χ4n) is 2.29. The Bertz CT molecular complexity index is 654. The molecule has 4 N–H and O–H groups in total. The molecule has 1 atom stereocenters. The summed E-state index contributed by atoms with van der Waals surface area (Å²) in [4.78, 5) is 22.8. The maximum absolute atomic E-state index is 11.9. The molecule has 0 spiro atoms. The number of amides is 3. The van der Waals surface area contributed by atoms with Gasteiger partial charge in [0.25, 0.3) is 0 Å². The van der Waals surface area contributed by atoms with E-state index in [9.17, 15) is 9.59 Å². The molecule has 0 unspecified atom stereocenters. The van der Waals surface area contributed by atoms with Crippen molar-refractivity contribution in [2.45, 2.75) is 25.8 Å². The number of anilines is 1. The molecule has 0 saturated heterocycles. The molecule has 3 amide bonds. The van der Waals surface area contributed by atoms with Crippen molar-refractivity contribution in [3.05, 3.63) is 48.3 Å². The Balaban J connectivity index is 1.84. The normalized spacial score (nSPS) is 11.7. The van der Waals surface area contributed by atoms with Gasteiger partial charge in [0.15, 0.2) is 0 Å². The number of benzene rings is 1. The van der Waals surface area contributed by atoms with Gasteiger partial charge in [-0.05, 0) is 12.0 Å². The molecule has 0 aliphatic rings. The van der Waals surface area contributed by atoms with E-state index in [1.807, 2.05) is 18.2 Å². The lowest BCUT2D eigenvalue weighted by atomic mass is 9.97. The van der Waals surface area contributed by atoms with Gasteiger partial charge in [0, 0.05) is 18.7 Å². The molecule has 2 rings (SSSR count). The fourth-order valence-corrected chi connectivity index (χ4v) is 2.29. The number of carbonyl (C=O) groups is 2. The number of aromatic nitrogens is 2. The van der Waals surface area contributed by atoms with Crippen LogP contribution in [-0.4, -0.2) is 28.3 Å². The molecule has 23 heavy (non-hydrogen) atoms. The monoisotopic (exact) mass is 315 g/mol. The van der Waals surface area contributed by atoms with Gasteiger partial charge in [0.2, 0.25) is 5.91 Å². The molecule has 7 nitrogen and oxygen atoms in total. The van der Waals surface area contributed by atoms with E-state index in [4.69, 9.17) is 5.73 Å². The van der Waals surface area contributed by atoms with Gasteiger partial charge < -0.3 is 16.4 Å². The first kappa shape index (κ1) is 16.5. The lowest BCUT2D eigenvalue weighted by Crippen LogP contribution is -2.32. The second-order valence-corrected chi connectivity index (χ2v) is 5.24. The van der Waals surface area contributed by atoms with Crippen molar-refractivity contribution >= 4 is 17.6 Å². The first-order chi connectivity index (χ1) is 11.1. The summed E-state index contributed by atoms with van der Waals surface area (Å²) >= 11 is 0. The molecule has 122 valence electrons. The number of rotatable bonds is 7. The molecule has 1 aromatic carbocycles. The maximum Gasteiger partial charge on any atom is 0.319 e. The Labute approximate surface area is 134 Å². The highest BCUT2D eigenvalue weighted by Gasteiger charge is 2.11. The minimum absolute atomic E-state index is 0.0186. The molecule has 1 aromatic heterocycles. The molecule has 7 heteroatoms. The van der Waals surface area contributed by atoms with Gasteiger partial charge in [-0.1, -0.05) is 37.3 Å². The fraction of sp³-hybridized carbons (Fsp3) is 0.312. The van der Waals surface area contributed by atoms with Crippen LogP contribution in [0.3, 0.4) is 0 Å². The van der Waals surface area contributed by atoms with Crippen molar-refractivity contribution in [3.8, 4) is 0 Å². The van der Waals surface area contributed by atoms with Gasteiger partial charge in [-0.3, -0.25) is 9.48 Å². The molecule has 1 heterocycles. The first-order valence-electron chi connectivity index (χ1n) is 7.49. The summed E-state index contributed by atoms with van der Waals surface area (Å²) in [6.45, 7) is 2.61. The minimum atomic E-state index is -0.488. The highest BCUT2D eigenvalue weighted by atomic mass is 16.2. The Kier molecular flexibility index (Phi) is 5.74. The lowest BCUT2D eigenvalue weighted by Gasteiger charge is -2.16. The van der Waals surface area contributed by atoms with Crippen LogP contribution in [0.5, 0.6) is 0 Å². The van der Waals surface area contributed by atoms with Crippen molar-refractivity contribution in [3.63, 3.8) is 0 Å². The van der Waals surface area contributed by atoms with Crippen LogP contribution in [-0.2, 0) is 11.3 Å². The van der Waals surface area contributed by atoms with Crippen molar-refractivity contribution in [1.29, 1.82) is 0 Å². The number of hydrogen-bond acceptors (Lipinski definition) is 3. The summed E-state index contributed by atoms with van der Waals surface area (Å²) in [6.07, 6.45) is 3.96. The summed E-state index contributed by atoms with van der Waals surface area (Å²) in [7, 11) is 0. The number of carbonyl (C=O) groups excluding carboxylic acids is 2. The van der Waals surface area contributed by atoms with Crippen LogP contribution in [0.25, 0.3) is 0 Å². The van der Waals surface area contributed by atoms with Gasteiger partial charge >= 0.3 is 6.03 Å². The molecule has 0 aliphatic carbocycles. The van der Waals surface area contributed by atoms with E-state index in [1.165, 1.54) is 16.4 Å². The topological polar surface area (TPSA) is 102 Å².